The van der Waals surface area contributed by atoms with E-state index in [4.69, 9.17) is 5.73 Å². The first-order valence-electron chi connectivity index (χ1n) is 7.52. The molecule has 1 aromatic heterocycles. The van der Waals surface area contributed by atoms with Crippen molar-refractivity contribution >= 4 is 16.7 Å². The van der Waals surface area contributed by atoms with Crippen molar-refractivity contribution in [2.24, 2.45) is 5.73 Å². The number of benzene rings is 2. The normalized spacial score (nSPS) is 11.0. The van der Waals surface area contributed by atoms with Crippen molar-refractivity contribution in [3.05, 3.63) is 58.1 Å². The lowest BCUT2D eigenvalue weighted by molar-refractivity contribution is -0.385. The molecule has 0 saturated carbocycles. The lowest BCUT2D eigenvalue weighted by atomic mass is 10.1. The number of nitrogens with zero attached hydrogens (tertiary/aromatic N) is 3. The Morgan fingerprint density at radius 2 is 2.04 bits per heavy atom. The summed E-state index contributed by atoms with van der Waals surface area (Å²) in [5.74, 6) is 0.739. The molecule has 0 bridgehead atoms. The highest BCUT2D eigenvalue weighted by Crippen LogP contribution is 2.29. The van der Waals surface area contributed by atoms with Gasteiger partial charge < -0.3 is 10.3 Å². The van der Waals surface area contributed by atoms with Crippen molar-refractivity contribution < 1.29 is 4.92 Å². The lowest BCUT2D eigenvalue weighted by Gasteiger charge is -2.09. The quantitative estimate of drug-likeness (QED) is 0.578. The van der Waals surface area contributed by atoms with E-state index < -0.39 is 0 Å². The van der Waals surface area contributed by atoms with Gasteiger partial charge >= 0.3 is 0 Å². The predicted molar refractivity (Wildman–Crippen MR) is 90.2 cm³/mol. The molecule has 3 rings (SSSR count). The lowest BCUT2D eigenvalue weighted by Crippen LogP contribution is -2.07. The Hall–Kier alpha value is -2.73. The number of nitrogens with two attached hydrogens (primary N) is 1. The van der Waals surface area contributed by atoms with Crippen LogP contribution in [0.2, 0.25) is 0 Å². The predicted octanol–water partition coefficient (Wildman–Crippen LogP) is 3.27. The third-order valence-corrected chi connectivity index (χ3v) is 3.90. The first kappa shape index (κ1) is 15.2. The number of imidazole rings is 1. The van der Waals surface area contributed by atoms with Crippen molar-refractivity contribution in [1.82, 2.24) is 9.55 Å². The summed E-state index contributed by atoms with van der Waals surface area (Å²) < 4.78 is 2.08. The largest absolute Gasteiger partial charge is 0.330 e. The molecule has 23 heavy (non-hydrogen) atoms. The minimum Gasteiger partial charge on any atom is -0.330 e. The molecule has 1 heterocycles. The zero-order chi connectivity index (χ0) is 16.4. The zero-order valence-electron chi connectivity index (χ0n) is 12.9. The summed E-state index contributed by atoms with van der Waals surface area (Å²) in [7, 11) is 0. The second-order valence-corrected chi connectivity index (χ2v) is 5.48. The second kappa shape index (κ2) is 6.18. The molecule has 0 aliphatic carbocycles. The van der Waals surface area contributed by atoms with Crippen LogP contribution in [0.3, 0.4) is 0 Å². The van der Waals surface area contributed by atoms with Crippen LogP contribution in [0.5, 0.6) is 0 Å². The molecule has 0 atom stereocenters. The van der Waals surface area contributed by atoms with Crippen LogP contribution < -0.4 is 5.73 Å². The Labute approximate surface area is 133 Å². The molecule has 0 fully saturated rings. The number of rotatable bonds is 5. The molecule has 0 saturated heterocycles. The summed E-state index contributed by atoms with van der Waals surface area (Å²) in [6, 6.07) is 13.1. The minimum absolute atomic E-state index is 0.111. The number of nitro benzene ring substituents is 1. The maximum absolute atomic E-state index is 11.2. The highest BCUT2D eigenvalue weighted by atomic mass is 16.6. The van der Waals surface area contributed by atoms with Gasteiger partial charge in [0, 0.05) is 23.7 Å². The van der Waals surface area contributed by atoms with Gasteiger partial charge in [0.05, 0.1) is 16.0 Å². The molecule has 118 valence electrons. The van der Waals surface area contributed by atoms with Crippen LogP contribution in [0.1, 0.15) is 12.0 Å². The van der Waals surface area contributed by atoms with E-state index in [1.54, 1.807) is 19.1 Å². The summed E-state index contributed by atoms with van der Waals surface area (Å²) in [4.78, 5) is 15.5. The molecule has 0 aliphatic heterocycles. The molecular formula is C17H18N4O2. The molecule has 0 spiro atoms. The average molecular weight is 310 g/mol. The molecule has 0 aliphatic rings. The van der Waals surface area contributed by atoms with Gasteiger partial charge in [0.15, 0.2) is 0 Å². The van der Waals surface area contributed by atoms with E-state index in [-0.39, 0.29) is 10.6 Å². The fourth-order valence-corrected chi connectivity index (χ4v) is 2.72. The van der Waals surface area contributed by atoms with Gasteiger partial charge in [0.1, 0.15) is 5.82 Å². The molecule has 2 N–H and O–H groups in total. The first-order chi connectivity index (χ1) is 11.1. The molecule has 2 aromatic carbocycles. The molecule has 3 aromatic rings. The third-order valence-electron chi connectivity index (χ3n) is 3.90. The Balaban J connectivity index is 2.19. The maximum Gasteiger partial charge on any atom is 0.273 e. The van der Waals surface area contributed by atoms with E-state index in [9.17, 15) is 10.1 Å². The number of aryl methyl sites for hydroxylation is 2. The van der Waals surface area contributed by atoms with E-state index in [1.165, 1.54) is 0 Å². The highest BCUT2D eigenvalue weighted by molar-refractivity contribution is 5.81. The molecule has 0 radical (unpaired) electrons. The van der Waals surface area contributed by atoms with Crippen molar-refractivity contribution in [2.45, 2.75) is 19.9 Å². The second-order valence-electron chi connectivity index (χ2n) is 5.48. The number of aromatic nitrogens is 2. The maximum atomic E-state index is 11.2. The van der Waals surface area contributed by atoms with E-state index >= 15 is 0 Å². The Morgan fingerprint density at radius 3 is 2.78 bits per heavy atom. The summed E-state index contributed by atoms with van der Waals surface area (Å²) >= 11 is 0. The van der Waals surface area contributed by atoms with Gasteiger partial charge in [-0.05, 0) is 32.0 Å². The molecule has 6 nitrogen and oxygen atoms in total. The van der Waals surface area contributed by atoms with Crippen molar-refractivity contribution in [3.8, 4) is 11.4 Å². The van der Waals surface area contributed by atoms with Gasteiger partial charge in [0.25, 0.3) is 5.69 Å². The topological polar surface area (TPSA) is 87.0 Å². The number of hydrogen-bond donors (Lipinski definition) is 1. The van der Waals surface area contributed by atoms with Gasteiger partial charge in [-0.3, -0.25) is 10.1 Å². The van der Waals surface area contributed by atoms with E-state index in [2.05, 4.69) is 9.55 Å². The molecule has 6 heteroatoms. The zero-order valence-corrected chi connectivity index (χ0v) is 12.9. The standard InChI is InChI=1S/C17H18N4O2/c1-12-7-8-13(11-16(12)21(22)23)17-19-14-5-2-3-6-15(14)20(17)10-4-9-18/h2-3,5-8,11H,4,9-10,18H2,1H3. The third kappa shape index (κ3) is 2.80. The molecule has 0 amide bonds. The number of hydrogen-bond acceptors (Lipinski definition) is 4. The summed E-state index contributed by atoms with van der Waals surface area (Å²) in [5, 5.41) is 11.2. The Morgan fingerprint density at radius 1 is 1.26 bits per heavy atom. The summed E-state index contributed by atoms with van der Waals surface area (Å²) in [5.41, 5.74) is 9.03. The van der Waals surface area contributed by atoms with Gasteiger partial charge in [-0.25, -0.2) is 4.98 Å². The monoisotopic (exact) mass is 310 g/mol. The molecular weight excluding hydrogens is 292 g/mol. The van der Waals surface area contributed by atoms with Gasteiger partial charge in [-0.15, -0.1) is 0 Å². The summed E-state index contributed by atoms with van der Waals surface area (Å²) in [6.45, 7) is 3.05. The van der Waals surface area contributed by atoms with Crippen LogP contribution in [-0.2, 0) is 6.54 Å². The molecule has 0 unspecified atom stereocenters. The van der Waals surface area contributed by atoms with Crippen LogP contribution in [0.4, 0.5) is 5.69 Å². The van der Waals surface area contributed by atoms with Crippen LogP contribution in [0, 0.1) is 17.0 Å². The number of fused-ring (bicyclic) bond motifs is 1. The van der Waals surface area contributed by atoms with Crippen LogP contribution in [-0.4, -0.2) is 21.0 Å². The fourth-order valence-electron chi connectivity index (χ4n) is 2.72. The van der Waals surface area contributed by atoms with E-state index in [0.29, 0.717) is 12.1 Å². The van der Waals surface area contributed by atoms with Crippen molar-refractivity contribution in [1.29, 1.82) is 0 Å². The van der Waals surface area contributed by atoms with Gasteiger partial charge in [-0.1, -0.05) is 24.3 Å². The summed E-state index contributed by atoms with van der Waals surface area (Å²) in [6.07, 6.45) is 0.821. The van der Waals surface area contributed by atoms with Gasteiger partial charge in [0.2, 0.25) is 0 Å². The van der Waals surface area contributed by atoms with E-state index in [0.717, 1.165) is 35.4 Å². The first-order valence-corrected chi connectivity index (χ1v) is 7.52. The minimum atomic E-state index is -0.355. The van der Waals surface area contributed by atoms with E-state index in [1.807, 2.05) is 30.3 Å². The number of para-hydroxylation sites is 2. The van der Waals surface area contributed by atoms with Crippen LogP contribution >= 0.6 is 0 Å². The number of nitro groups is 1. The van der Waals surface area contributed by atoms with Crippen molar-refractivity contribution in [3.63, 3.8) is 0 Å². The SMILES string of the molecule is Cc1ccc(-c2nc3ccccc3n2CCCN)cc1[N+](=O)[O-]. The van der Waals surface area contributed by atoms with Gasteiger partial charge in [-0.2, -0.15) is 0 Å². The Bertz CT molecular complexity index is 870. The van der Waals surface area contributed by atoms with Crippen LogP contribution in [0.15, 0.2) is 42.5 Å². The Kier molecular flexibility index (Phi) is 4.08. The smallest absolute Gasteiger partial charge is 0.273 e. The highest BCUT2D eigenvalue weighted by Gasteiger charge is 2.16. The van der Waals surface area contributed by atoms with Crippen LogP contribution in [0.25, 0.3) is 22.4 Å². The fraction of sp³-hybridized carbons (Fsp3) is 0.235. The average Bonchev–Trinajstić information content (AvgIpc) is 2.91. The van der Waals surface area contributed by atoms with Crippen molar-refractivity contribution in [2.75, 3.05) is 6.54 Å².